The van der Waals surface area contributed by atoms with Gasteiger partial charge in [0.15, 0.2) is 0 Å². The number of benzene rings is 1. The van der Waals surface area contributed by atoms with E-state index in [-0.39, 0.29) is 24.4 Å². The molecule has 100 valence electrons. The van der Waals surface area contributed by atoms with Crippen LogP contribution < -0.4 is 10.6 Å². The highest BCUT2D eigenvalue weighted by Crippen LogP contribution is 2.27. The Hall–Kier alpha value is -1.20. The molecule has 1 saturated heterocycles. The van der Waals surface area contributed by atoms with Crippen LogP contribution in [-0.4, -0.2) is 25.3 Å². The summed E-state index contributed by atoms with van der Waals surface area (Å²) in [6, 6.07) is 2.59. The number of halogens is 2. The molecule has 0 bridgehead atoms. The van der Waals surface area contributed by atoms with E-state index in [9.17, 15) is 8.78 Å². The van der Waals surface area contributed by atoms with Crippen molar-refractivity contribution in [3.8, 4) is 0 Å². The van der Waals surface area contributed by atoms with Gasteiger partial charge < -0.3 is 15.4 Å². The summed E-state index contributed by atoms with van der Waals surface area (Å²) in [7, 11) is 0. The molecule has 2 rings (SSSR count). The highest BCUT2D eigenvalue weighted by molar-refractivity contribution is 5.51. The highest BCUT2D eigenvalue weighted by atomic mass is 19.1. The van der Waals surface area contributed by atoms with Gasteiger partial charge in [0.05, 0.1) is 12.2 Å². The number of nitrogens with two attached hydrogens (primary N) is 1. The molecule has 0 amide bonds. The van der Waals surface area contributed by atoms with Crippen LogP contribution in [0.1, 0.15) is 19.4 Å². The minimum atomic E-state index is -0.559. The summed E-state index contributed by atoms with van der Waals surface area (Å²) in [5.74, 6) is -1.12. The molecular weight excluding hydrogens is 238 g/mol. The maximum absolute atomic E-state index is 14.0. The number of morpholine rings is 1. The third kappa shape index (κ3) is 2.62. The molecule has 2 atom stereocenters. The van der Waals surface area contributed by atoms with Crippen molar-refractivity contribution in [2.24, 2.45) is 5.73 Å². The van der Waals surface area contributed by atoms with E-state index in [4.69, 9.17) is 10.5 Å². The Morgan fingerprint density at radius 1 is 1.22 bits per heavy atom. The van der Waals surface area contributed by atoms with Gasteiger partial charge in [0.25, 0.3) is 0 Å². The van der Waals surface area contributed by atoms with Gasteiger partial charge in [-0.15, -0.1) is 0 Å². The van der Waals surface area contributed by atoms with Crippen molar-refractivity contribution >= 4 is 5.69 Å². The molecular formula is C13H18F2N2O. The molecule has 1 aromatic carbocycles. The Kier molecular flexibility index (Phi) is 3.82. The van der Waals surface area contributed by atoms with Crippen molar-refractivity contribution in [1.29, 1.82) is 0 Å². The predicted octanol–water partition coefficient (Wildman–Crippen LogP) is 2.04. The van der Waals surface area contributed by atoms with E-state index < -0.39 is 11.6 Å². The number of rotatable bonds is 2. The van der Waals surface area contributed by atoms with Gasteiger partial charge in [-0.2, -0.15) is 0 Å². The largest absolute Gasteiger partial charge is 0.372 e. The first-order valence-corrected chi connectivity index (χ1v) is 6.09. The van der Waals surface area contributed by atoms with Crippen molar-refractivity contribution in [3.63, 3.8) is 0 Å². The number of anilines is 1. The molecule has 5 heteroatoms. The third-order valence-corrected chi connectivity index (χ3v) is 3.05. The monoisotopic (exact) mass is 256 g/mol. The standard InChI is InChI=1S/C13H18F2N2O/c1-8-6-17(7-9(2)18-8)13-11(14)3-10(5-16)4-12(13)15/h3-4,8-9H,5-7,16H2,1-2H3. The van der Waals surface area contributed by atoms with Crippen molar-refractivity contribution in [2.45, 2.75) is 32.6 Å². The van der Waals surface area contributed by atoms with Crippen molar-refractivity contribution < 1.29 is 13.5 Å². The lowest BCUT2D eigenvalue weighted by Crippen LogP contribution is -2.46. The van der Waals surface area contributed by atoms with E-state index in [2.05, 4.69) is 0 Å². The first-order chi connectivity index (χ1) is 8.51. The summed E-state index contributed by atoms with van der Waals surface area (Å²) in [5, 5.41) is 0. The van der Waals surface area contributed by atoms with Crippen LogP contribution in [-0.2, 0) is 11.3 Å². The smallest absolute Gasteiger partial charge is 0.149 e. The summed E-state index contributed by atoms with van der Waals surface area (Å²) in [6.07, 6.45) is -0.0801. The highest BCUT2D eigenvalue weighted by Gasteiger charge is 2.26. The molecule has 2 N–H and O–H groups in total. The zero-order valence-electron chi connectivity index (χ0n) is 10.6. The number of hydrogen-bond donors (Lipinski definition) is 1. The molecule has 1 fully saturated rings. The fourth-order valence-corrected chi connectivity index (χ4v) is 2.40. The molecule has 0 spiro atoms. The second-order valence-corrected chi connectivity index (χ2v) is 4.77. The SMILES string of the molecule is CC1CN(c2c(F)cc(CN)cc2F)CC(C)O1. The Bertz CT molecular complexity index is 406. The van der Waals surface area contributed by atoms with E-state index in [1.165, 1.54) is 12.1 Å². The van der Waals surface area contributed by atoms with Gasteiger partial charge in [0, 0.05) is 19.6 Å². The van der Waals surface area contributed by atoms with E-state index >= 15 is 0 Å². The Morgan fingerprint density at radius 2 is 1.72 bits per heavy atom. The van der Waals surface area contributed by atoms with Crippen LogP contribution >= 0.6 is 0 Å². The van der Waals surface area contributed by atoms with Crippen molar-refractivity contribution in [1.82, 2.24) is 0 Å². The van der Waals surface area contributed by atoms with E-state index in [0.717, 1.165) is 0 Å². The van der Waals surface area contributed by atoms with Gasteiger partial charge in [-0.3, -0.25) is 0 Å². The topological polar surface area (TPSA) is 38.5 Å². The minimum Gasteiger partial charge on any atom is -0.372 e. The van der Waals surface area contributed by atoms with Crippen LogP contribution in [0.4, 0.5) is 14.5 Å². The van der Waals surface area contributed by atoms with Crippen LogP contribution in [0, 0.1) is 11.6 Å². The first kappa shape index (κ1) is 13.2. The van der Waals surface area contributed by atoms with Gasteiger partial charge in [-0.05, 0) is 31.5 Å². The lowest BCUT2D eigenvalue weighted by molar-refractivity contribution is -0.00558. The Balaban J connectivity index is 2.32. The van der Waals surface area contributed by atoms with Crippen LogP contribution in [0.15, 0.2) is 12.1 Å². The molecule has 1 aliphatic rings. The third-order valence-electron chi connectivity index (χ3n) is 3.05. The zero-order valence-corrected chi connectivity index (χ0v) is 10.6. The summed E-state index contributed by atoms with van der Waals surface area (Å²) >= 11 is 0. The average molecular weight is 256 g/mol. The number of ether oxygens (including phenoxy) is 1. The quantitative estimate of drug-likeness (QED) is 0.880. The fraction of sp³-hybridized carbons (Fsp3) is 0.538. The molecule has 18 heavy (non-hydrogen) atoms. The Labute approximate surface area is 106 Å². The van der Waals surface area contributed by atoms with Crippen LogP contribution in [0.25, 0.3) is 0 Å². The van der Waals surface area contributed by atoms with E-state index in [1.807, 2.05) is 13.8 Å². The molecule has 0 aromatic heterocycles. The van der Waals surface area contributed by atoms with E-state index in [0.29, 0.717) is 18.7 Å². The van der Waals surface area contributed by atoms with Gasteiger partial charge in [0.2, 0.25) is 0 Å². The molecule has 2 unspecified atom stereocenters. The fourth-order valence-electron chi connectivity index (χ4n) is 2.40. The van der Waals surface area contributed by atoms with Crippen molar-refractivity contribution in [3.05, 3.63) is 29.3 Å². The molecule has 0 aliphatic carbocycles. The van der Waals surface area contributed by atoms with Crippen molar-refractivity contribution in [2.75, 3.05) is 18.0 Å². The van der Waals surface area contributed by atoms with E-state index in [1.54, 1.807) is 4.90 Å². The summed E-state index contributed by atoms with van der Waals surface area (Å²) in [4.78, 5) is 1.70. The second-order valence-electron chi connectivity index (χ2n) is 4.77. The normalized spacial score (nSPS) is 24.4. The van der Waals surface area contributed by atoms with Crippen LogP contribution in [0.5, 0.6) is 0 Å². The minimum absolute atomic E-state index is 0.0224. The summed E-state index contributed by atoms with van der Waals surface area (Å²) < 4.78 is 33.5. The van der Waals surface area contributed by atoms with Gasteiger partial charge in [0.1, 0.15) is 17.3 Å². The maximum atomic E-state index is 14.0. The molecule has 1 heterocycles. The van der Waals surface area contributed by atoms with Crippen LogP contribution in [0.3, 0.4) is 0 Å². The predicted molar refractivity (Wildman–Crippen MR) is 66.5 cm³/mol. The number of nitrogens with zero attached hydrogens (tertiary/aromatic N) is 1. The molecule has 0 saturated carbocycles. The maximum Gasteiger partial charge on any atom is 0.149 e. The number of hydrogen-bond acceptors (Lipinski definition) is 3. The van der Waals surface area contributed by atoms with Gasteiger partial charge >= 0.3 is 0 Å². The summed E-state index contributed by atoms with van der Waals surface area (Å²) in [6.45, 7) is 4.89. The first-order valence-electron chi connectivity index (χ1n) is 6.09. The molecule has 1 aliphatic heterocycles. The lowest BCUT2D eigenvalue weighted by atomic mass is 10.1. The van der Waals surface area contributed by atoms with Gasteiger partial charge in [-0.25, -0.2) is 8.78 Å². The Morgan fingerprint density at radius 3 is 2.17 bits per heavy atom. The second kappa shape index (κ2) is 5.20. The zero-order chi connectivity index (χ0) is 13.3. The molecule has 3 nitrogen and oxygen atoms in total. The lowest BCUT2D eigenvalue weighted by Gasteiger charge is -2.37. The van der Waals surface area contributed by atoms with Crippen LogP contribution in [0.2, 0.25) is 0 Å². The van der Waals surface area contributed by atoms with Gasteiger partial charge in [-0.1, -0.05) is 0 Å². The molecule has 0 radical (unpaired) electrons. The average Bonchev–Trinajstić information content (AvgIpc) is 2.26. The molecule has 1 aromatic rings. The summed E-state index contributed by atoms with van der Waals surface area (Å²) in [5.41, 5.74) is 5.88.